The normalized spacial score (nSPS) is 17.6. The lowest BCUT2D eigenvalue weighted by atomic mass is 9.97. The van der Waals surface area contributed by atoms with Gasteiger partial charge < -0.3 is 10.2 Å². The van der Waals surface area contributed by atoms with Gasteiger partial charge in [-0.05, 0) is 25.0 Å². The number of rotatable bonds is 3. The van der Waals surface area contributed by atoms with Crippen molar-refractivity contribution in [2.24, 2.45) is 5.92 Å². The van der Waals surface area contributed by atoms with Crippen LogP contribution in [0.4, 0.5) is 15.6 Å². The highest BCUT2D eigenvalue weighted by Gasteiger charge is 2.28. The van der Waals surface area contributed by atoms with Crippen molar-refractivity contribution < 1.29 is 9.59 Å². The molecule has 2 heterocycles. The monoisotopic (exact) mass is 330 g/mol. The number of thiazole rings is 1. The molecule has 1 aliphatic rings. The molecule has 0 aliphatic carbocycles. The minimum Gasteiger partial charge on any atom is -0.326 e. The lowest BCUT2D eigenvalue weighted by molar-refractivity contribution is -0.121. The molecule has 1 aromatic carbocycles. The summed E-state index contributed by atoms with van der Waals surface area (Å²) in [5, 5.41) is 8.05. The van der Waals surface area contributed by atoms with Gasteiger partial charge in [-0.2, -0.15) is 0 Å². The summed E-state index contributed by atoms with van der Waals surface area (Å²) in [6.07, 6.45) is 3.25. The van der Waals surface area contributed by atoms with Crippen molar-refractivity contribution in [2.75, 3.05) is 23.7 Å². The van der Waals surface area contributed by atoms with E-state index in [2.05, 4.69) is 15.6 Å². The molecule has 0 radical (unpaired) electrons. The molecule has 120 valence electrons. The third-order valence-corrected chi connectivity index (χ3v) is 4.46. The summed E-state index contributed by atoms with van der Waals surface area (Å²) in [5.41, 5.74) is 0.780. The molecule has 2 aromatic rings. The molecule has 1 aromatic heterocycles. The summed E-state index contributed by atoms with van der Waals surface area (Å²) in [6.45, 7) is 1.09. The van der Waals surface area contributed by atoms with E-state index in [0.717, 1.165) is 18.5 Å². The number of para-hydroxylation sites is 1. The highest BCUT2D eigenvalue weighted by molar-refractivity contribution is 7.13. The number of aromatic nitrogens is 1. The maximum absolute atomic E-state index is 12.4. The third kappa shape index (κ3) is 4.07. The zero-order valence-electron chi connectivity index (χ0n) is 12.6. The van der Waals surface area contributed by atoms with E-state index in [4.69, 9.17) is 0 Å². The van der Waals surface area contributed by atoms with Crippen LogP contribution in [0.3, 0.4) is 0 Å². The fourth-order valence-corrected chi connectivity index (χ4v) is 3.12. The van der Waals surface area contributed by atoms with Crippen LogP contribution in [0.25, 0.3) is 0 Å². The molecule has 2 N–H and O–H groups in total. The summed E-state index contributed by atoms with van der Waals surface area (Å²) in [4.78, 5) is 30.3. The largest absolute Gasteiger partial charge is 0.326 e. The van der Waals surface area contributed by atoms with Crippen LogP contribution in [-0.4, -0.2) is 34.9 Å². The van der Waals surface area contributed by atoms with E-state index in [9.17, 15) is 9.59 Å². The Kier molecular flexibility index (Phi) is 4.87. The molecule has 1 atom stereocenters. The van der Waals surface area contributed by atoms with Gasteiger partial charge in [0.25, 0.3) is 0 Å². The molecular weight excluding hydrogens is 312 g/mol. The molecule has 6 nitrogen and oxygen atoms in total. The van der Waals surface area contributed by atoms with Crippen LogP contribution < -0.4 is 10.6 Å². The molecular formula is C16H18N4O2S. The first kappa shape index (κ1) is 15.5. The Morgan fingerprint density at radius 1 is 1.22 bits per heavy atom. The molecule has 1 saturated heterocycles. The second-order valence-corrected chi connectivity index (χ2v) is 6.30. The molecule has 3 rings (SSSR count). The fraction of sp³-hybridized carbons (Fsp3) is 0.312. The molecule has 1 fully saturated rings. The zero-order chi connectivity index (χ0) is 16.1. The number of nitrogens with one attached hydrogen (secondary N) is 2. The Bertz CT molecular complexity index is 660. The van der Waals surface area contributed by atoms with Gasteiger partial charge in [0.05, 0.1) is 5.92 Å². The van der Waals surface area contributed by atoms with Gasteiger partial charge >= 0.3 is 6.03 Å². The maximum Gasteiger partial charge on any atom is 0.323 e. The van der Waals surface area contributed by atoms with Crippen molar-refractivity contribution in [1.29, 1.82) is 0 Å². The predicted molar refractivity (Wildman–Crippen MR) is 90.5 cm³/mol. The van der Waals surface area contributed by atoms with Gasteiger partial charge in [-0.25, -0.2) is 9.78 Å². The van der Waals surface area contributed by atoms with Gasteiger partial charge in [0.15, 0.2) is 5.13 Å². The number of carbonyl (C=O) groups excluding carboxylic acids is 2. The van der Waals surface area contributed by atoms with Crippen LogP contribution in [0.15, 0.2) is 41.9 Å². The van der Waals surface area contributed by atoms with Crippen molar-refractivity contribution in [2.45, 2.75) is 12.8 Å². The van der Waals surface area contributed by atoms with E-state index in [-0.39, 0.29) is 17.9 Å². The minimum absolute atomic E-state index is 0.0389. The van der Waals surface area contributed by atoms with E-state index < -0.39 is 0 Å². The molecule has 7 heteroatoms. The van der Waals surface area contributed by atoms with E-state index in [1.165, 1.54) is 11.3 Å². The van der Waals surface area contributed by atoms with E-state index in [0.29, 0.717) is 18.2 Å². The highest BCUT2D eigenvalue weighted by atomic mass is 32.1. The summed E-state index contributed by atoms with van der Waals surface area (Å²) in [6, 6.07) is 9.17. The lowest BCUT2D eigenvalue weighted by Gasteiger charge is -2.31. The quantitative estimate of drug-likeness (QED) is 0.908. The van der Waals surface area contributed by atoms with Crippen LogP contribution >= 0.6 is 11.3 Å². The molecule has 1 aliphatic heterocycles. The van der Waals surface area contributed by atoms with Gasteiger partial charge in [-0.15, -0.1) is 11.3 Å². The van der Waals surface area contributed by atoms with Crippen LogP contribution in [0, 0.1) is 5.92 Å². The van der Waals surface area contributed by atoms with Crippen LogP contribution in [0.2, 0.25) is 0 Å². The van der Waals surface area contributed by atoms with E-state index >= 15 is 0 Å². The molecule has 23 heavy (non-hydrogen) atoms. The average molecular weight is 330 g/mol. The highest BCUT2D eigenvalue weighted by Crippen LogP contribution is 2.20. The average Bonchev–Trinajstić information content (AvgIpc) is 3.09. The van der Waals surface area contributed by atoms with Gasteiger partial charge in [0.1, 0.15) is 0 Å². The molecule has 0 saturated carbocycles. The van der Waals surface area contributed by atoms with Gasteiger partial charge in [-0.1, -0.05) is 18.2 Å². The summed E-state index contributed by atoms with van der Waals surface area (Å²) >= 11 is 1.38. The van der Waals surface area contributed by atoms with Gasteiger partial charge in [-0.3, -0.25) is 10.1 Å². The second kappa shape index (κ2) is 7.23. The smallest absolute Gasteiger partial charge is 0.323 e. The number of hydrogen-bond donors (Lipinski definition) is 2. The zero-order valence-corrected chi connectivity index (χ0v) is 13.4. The Labute approximate surface area is 138 Å². The topological polar surface area (TPSA) is 74.3 Å². The van der Waals surface area contributed by atoms with Crippen molar-refractivity contribution in [1.82, 2.24) is 9.88 Å². The minimum atomic E-state index is -0.197. The number of anilines is 2. The van der Waals surface area contributed by atoms with Crippen molar-refractivity contribution in [3.63, 3.8) is 0 Å². The van der Waals surface area contributed by atoms with Gasteiger partial charge in [0.2, 0.25) is 5.91 Å². The standard InChI is InChI=1S/C16H18N4O2S/c21-14(18-13-6-2-1-3-7-13)12-5-4-9-20(11-12)16(22)19-15-17-8-10-23-15/h1-3,6-8,10,12H,4-5,9,11H2,(H,18,21)(H,17,19,22). The number of likely N-dealkylation sites (tertiary alicyclic amines) is 1. The Hall–Kier alpha value is -2.41. The number of piperidine rings is 1. The van der Waals surface area contributed by atoms with E-state index in [1.807, 2.05) is 35.7 Å². The molecule has 3 amide bonds. The maximum atomic E-state index is 12.4. The van der Waals surface area contributed by atoms with Crippen LogP contribution in [0.1, 0.15) is 12.8 Å². The number of hydrogen-bond acceptors (Lipinski definition) is 4. The third-order valence-electron chi connectivity index (χ3n) is 3.77. The Morgan fingerprint density at radius 3 is 2.78 bits per heavy atom. The summed E-state index contributed by atoms with van der Waals surface area (Å²) in [7, 11) is 0. The van der Waals surface area contributed by atoms with Crippen LogP contribution in [-0.2, 0) is 4.79 Å². The molecule has 1 unspecified atom stereocenters. The first-order chi connectivity index (χ1) is 11.2. The molecule has 0 bridgehead atoms. The van der Waals surface area contributed by atoms with Crippen molar-refractivity contribution in [3.8, 4) is 0 Å². The van der Waals surface area contributed by atoms with Crippen LogP contribution in [0.5, 0.6) is 0 Å². The van der Waals surface area contributed by atoms with E-state index in [1.54, 1.807) is 11.1 Å². The fourth-order valence-electron chi connectivity index (χ4n) is 2.60. The Morgan fingerprint density at radius 2 is 2.04 bits per heavy atom. The first-order valence-corrected chi connectivity index (χ1v) is 8.41. The summed E-state index contributed by atoms with van der Waals surface area (Å²) < 4.78 is 0. The Balaban J connectivity index is 1.57. The van der Waals surface area contributed by atoms with Gasteiger partial charge in [0, 0.05) is 30.4 Å². The predicted octanol–water partition coefficient (Wildman–Crippen LogP) is 3.03. The second-order valence-electron chi connectivity index (χ2n) is 5.41. The number of carbonyl (C=O) groups is 2. The van der Waals surface area contributed by atoms with Crippen molar-refractivity contribution in [3.05, 3.63) is 41.9 Å². The number of benzene rings is 1. The SMILES string of the molecule is O=C(Nc1ccccc1)C1CCCN(C(=O)Nc2nccs2)C1. The number of urea groups is 1. The lowest BCUT2D eigenvalue weighted by Crippen LogP contribution is -2.45. The van der Waals surface area contributed by atoms with Crippen molar-refractivity contribution >= 4 is 34.1 Å². The first-order valence-electron chi connectivity index (χ1n) is 7.54. The molecule has 0 spiro atoms. The summed E-state index contributed by atoms with van der Waals surface area (Å²) in [5.74, 6) is -0.228. The number of nitrogens with zero attached hydrogens (tertiary/aromatic N) is 2. The number of amides is 3.